The summed E-state index contributed by atoms with van der Waals surface area (Å²) in [5.41, 5.74) is 1.63. The second-order valence-electron chi connectivity index (χ2n) is 5.77. The van der Waals surface area contributed by atoms with Crippen LogP contribution < -0.4 is 4.80 Å². The molecule has 136 valence electrons. The van der Waals surface area contributed by atoms with Crippen LogP contribution >= 0.6 is 11.3 Å². The van der Waals surface area contributed by atoms with Crippen LogP contribution in [0.15, 0.2) is 64.5 Å². The highest BCUT2D eigenvalue weighted by Gasteiger charge is 2.12. The molecule has 0 unspecified atom stereocenters. The van der Waals surface area contributed by atoms with Crippen LogP contribution in [0.4, 0.5) is 0 Å². The number of carbonyl (C=O) groups excluding carboxylic acids is 1. The van der Waals surface area contributed by atoms with Crippen LogP contribution in [0, 0.1) is 12.3 Å². The van der Waals surface area contributed by atoms with E-state index in [1.54, 1.807) is 22.8 Å². The fourth-order valence-corrected chi connectivity index (χ4v) is 4.27. The third-order valence-corrected chi connectivity index (χ3v) is 5.91. The van der Waals surface area contributed by atoms with Crippen LogP contribution in [0.25, 0.3) is 16.3 Å². The molecular formula is C20H16N2O3S2. The number of benzene rings is 2. The van der Waals surface area contributed by atoms with Crippen LogP contribution in [-0.4, -0.2) is 25.1 Å². The summed E-state index contributed by atoms with van der Waals surface area (Å²) >= 11 is 1.23. The first-order valence-electron chi connectivity index (χ1n) is 7.97. The average Bonchev–Trinajstić information content (AvgIpc) is 2.97. The number of fused-ring (bicyclic) bond motifs is 1. The van der Waals surface area contributed by atoms with Crippen LogP contribution in [-0.2, 0) is 21.2 Å². The Morgan fingerprint density at radius 3 is 2.67 bits per heavy atom. The zero-order chi connectivity index (χ0) is 19.4. The number of thiazole rings is 1. The predicted octanol–water partition coefficient (Wildman–Crippen LogP) is 2.88. The van der Waals surface area contributed by atoms with Crippen LogP contribution in [0.1, 0.15) is 5.56 Å². The molecule has 0 aliphatic rings. The maximum atomic E-state index is 12.2. The van der Waals surface area contributed by atoms with E-state index in [4.69, 9.17) is 6.42 Å². The number of amides is 1. The minimum atomic E-state index is -3.32. The van der Waals surface area contributed by atoms with Gasteiger partial charge in [-0.3, -0.25) is 4.79 Å². The number of hydrogen-bond donors (Lipinski definition) is 0. The van der Waals surface area contributed by atoms with Crippen molar-refractivity contribution in [2.24, 2.45) is 4.99 Å². The van der Waals surface area contributed by atoms with E-state index in [9.17, 15) is 13.2 Å². The van der Waals surface area contributed by atoms with Gasteiger partial charge in [0.1, 0.15) is 0 Å². The molecule has 1 amide bonds. The molecule has 0 bridgehead atoms. The number of carbonyl (C=O) groups is 1. The fourth-order valence-electron chi connectivity index (χ4n) is 2.48. The lowest BCUT2D eigenvalue weighted by molar-refractivity contribution is -0.113. The molecule has 3 aromatic rings. The van der Waals surface area contributed by atoms with E-state index in [0.717, 1.165) is 17.3 Å². The highest BCUT2D eigenvalue weighted by atomic mass is 32.2. The van der Waals surface area contributed by atoms with Crippen molar-refractivity contribution in [3.8, 4) is 12.3 Å². The van der Waals surface area contributed by atoms with Crippen LogP contribution in [0.5, 0.6) is 0 Å². The van der Waals surface area contributed by atoms with Gasteiger partial charge in [-0.2, -0.15) is 4.99 Å². The molecular weight excluding hydrogens is 380 g/mol. The average molecular weight is 396 g/mol. The van der Waals surface area contributed by atoms with Gasteiger partial charge >= 0.3 is 0 Å². The highest BCUT2D eigenvalue weighted by molar-refractivity contribution is 7.90. The van der Waals surface area contributed by atoms with E-state index >= 15 is 0 Å². The van der Waals surface area contributed by atoms with Gasteiger partial charge in [0.05, 0.1) is 21.7 Å². The molecule has 0 aliphatic carbocycles. The van der Waals surface area contributed by atoms with Gasteiger partial charge in [0.2, 0.25) is 0 Å². The summed E-state index contributed by atoms with van der Waals surface area (Å²) in [4.78, 5) is 17.0. The monoisotopic (exact) mass is 396 g/mol. The Bertz CT molecular complexity index is 1240. The maximum absolute atomic E-state index is 12.2. The van der Waals surface area contributed by atoms with Gasteiger partial charge in [0.25, 0.3) is 5.91 Å². The van der Waals surface area contributed by atoms with Crippen molar-refractivity contribution in [2.75, 3.05) is 6.26 Å². The second-order valence-corrected chi connectivity index (χ2v) is 8.80. The molecule has 7 heteroatoms. The number of rotatable bonds is 4. The van der Waals surface area contributed by atoms with Gasteiger partial charge in [-0.05, 0) is 29.8 Å². The van der Waals surface area contributed by atoms with Crippen molar-refractivity contribution in [1.82, 2.24) is 4.57 Å². The summed E-state index contributed by atoms with van der Waals surface area (Å²) < 4.78 is 26.0. The molecule has 0 radical (unpaired) electrons. The molecule has 27 heavy (non-hydrogen) atoms. The van der Waals surface area contributed by atoms with Crippen LogP contribution in [0.2, 0.25) is 0 Å². The minimum Gasteiger partial charge on any atom is -0.305 e. The van der Waals surface area contributed by atoms with E-state index in [0.29, 0.717) is 9.50 Å². The van der Waals surface area contributed by atoms with Crippen molar-refractivity contribution in [3.05, 3.63) is 65.0 Å². The predicted molar refractivity (Wildman–Crippen MR) is 108 cm³/mol. The van der Waals surface area contributed by atoms with Gasteiger partial charge in [-0.25, -0.2) is 8.42 Å². The quantitative estimate of drug-likeness (QED) is 0.503. The molecule has 0 saturated heterocycles. The molecule has 0 N–H and O–H groups in total. The van der Waals surface area contributed by atoms with Gasteiger partial charge < -0.3 is 4.57 Å². The zero-order valence-electron chi connectivity index (χ0n) is 14.5. The zero-order valence-corrected chi connectivity index (χ0v) is 16.1. The third-order valence-electron chi connectivity index (χ3n) is 3.76. The van der Waals surface area contributed by atoms with E-state index in [2.05, 4.69) is 10.9 Å². The molecule has 1 heterocycles. The lowest BCUT2D eigenvalue weighted by atomic mass is 10.2. The number of aromatic nitrogens is 1. The SMILES string of the molecule is C#CCn1c(=NC(=O)C=Cc2ccccc2)sc2cc(S(C)(=O)=O)ccc21. The van der Waals surface area contributed by atoms with Crippen molar-refractivity contribution >= 4 is 43.4 Å². The van der Waals surface area contributed by atoms with Crippen molar-refractivity contribution in [2.45, 2.75) is 11.4 Å². The Morgan fingerprint density at radius 1 is 1.26 bits per heavy atom. The van der Waals surface area contributed by atoms with E-state index in [-0.39, 0.29) is 11.4 Å². The first kappa shape index (κ1) is 18.8. The van der Waals surface area contributed by atoms with Gasteiger partial charge in [0, 0.05) is 12.3 Å². The Morgan fingerprint density at radius 2 is 2.00 bits per heavy atom. The molecule has 0 spiro atoms. The smallest absolute Gasteiger partial charge is 0.272 e. The number of nitrogens with zero attached hydrogens (tertiary/aromatic N) is 2. The molecule has 3 rings (SSSR count). The molecule has 0 atom stereocenters. The Balaban J connectivity index is 2.05. The lowest BCUT2D eigenvalue weighted by Crippen LogP contribution is -2.15. The lowest BCUT2D eigenvalue weighted by Gasteiger charge is -2.01. The summed E-state index contributed by atoms with van der Waals surface area (Å²) in [5, 5.41) is 0. The van der Waals surface area contributed by atoms with Gasteiger partial charge in [0.15, 0.2) is 14.6 Å². The molecule has 0 aliphatic heterocycles. The van der Waals surface area contributed by atoms with Crippen LogP contribution in [0.3, 0.4) is 0 Å². The number of terminal acetylenes is 1. The summed E-state index contributed by atoms with van der Waals surface area (Å²) in [6, 6.07) is 14.2. The summed E-state index contributed by atoms with van der Waals surface area (Å²) in [7, 11) is -3.32. The maximum Gasteiger partial charge on any atom is 0.272 e. The molecule has 0 saturated carbocycles. The van der Waals surface area contributed by atoms with E-state index < -0.39 is 15.7 Å². The summed E-state index contributed by atoms with van der Waals surface area (Å²) in [6.45, 7) is 0.229. The summed E-state index contributed by atoms with van der Waals surface area (Å²) in [6.07, 6.45) is 9.67. The van der Waals surface area contributed by atoms with Gasteiger partial charge in [-0.15, -0.1) is 6.42 Å². The normalized spacial score (nSPS) is 12.5. The Hall–Kier alpha value is -2.95. The topological polar surface area (TPSA) is 68.5 Å². The van der Waals surface area contributed by atoms with E-state index in [1.165, 1.54) is 23.5 Å². The van der Waals surface area contributed by atoms with Crippen molar-refractivity contribution in [1.29, 1.82) is 0 Å². The highest BCUT2D eigenvalue weighted by Crippen LogP contribution is 2.21. The Labute approximate surface area is 161 Å². The fraction of sp³-hybridized carbons (Fsp3) is 0.100. The van der Waals surface area contributed by atoms with Crippen molar-refractivity contribution in [3.63, 3.8) is 0 Å². The van der Waals surface area contributed by atoms with Crippen molar-refractivity contribution < 1.29 is 13.2 Å². The molecule has 2 aromatic carbocycles. The standard InChI is InChI=1S/C20H16N2O3S2/c1-3-13-22-17-11-10-16(27(2,24)25)14-18(17)26-20(22)21-19(23)12-9-15-7-5-4-6-8-15/h1,4-12,14H,13H2,2H3. The minimum absolute atomic E-state index is 0.214. The summed E-state index contributed by atoms with van der Waals surface area (Å²) in [5.74, 6) is 2.12. The molecule has 5 nitrogen and oxygen atoms in total. The number of sulfone groups is 1. The first-order valence-corrected chi connectivity index (χ1v) is 10.7. The largest absolute Gasteiger partial charge is 0.305 e. The second kappa shape index (κ2) is 7.74. The molecule has 1 aromatic heterocycles. The third kappa shape index (κ3) is 4.42. The first-order chi connectivity index (χ1) is 12.9. The van der Waals surface area contributed by atoms with E-state index in [1.807, 2.05) is 30.3 Å². The molecule has 0 fully saturated rings. The number of hydrogen-bond acceptors (Lipinski definition) is 4. The van der Waals surface area contributed by atoms with Gasteiger partial charge in [-0.1, -0.05) is 47.6 Å². The Kier molecular flexibility index (Phi) is 5.40.